The first-order chi connectivity index (χ1) is 8.93. The number of hydrogen-bond acceptors (Lipinski definition) is 2. The number of amides is 1. The van der Waals surface area contributed by atoms with Crippen LogP contribution in [0.3, 0.4) is 0 Å². The van der Waals surface area contributed by atoms with Gasteiger partial charge in [-0.1, -0.05) is 0 Å². The molecule has 1 aromatic rings. The zero-order valence-corrected chi connectivity index (χ0v) is 10.2. The quantitative estimate of drug-likeness (QED) is 0.914. The Morgan fingerprint density at radius 2 is 1.84 bits per heavy atom. The molecule has 1 aliphatic rings. The Hall–Kier alpha value is -1.56. The highest BCUT2D eigenvalue weighted by Gasteiger charge is 2.33. The van der Waals surface area contributed by atoms with Gasteiger partial charge < -0.3 is 10.0 Å². The van der Waals surface area contributed by atoms with Crippen LogP contribution in [0.2, 0.25) is 0 Å². The molecule has 0 spiro atoms. The third kappa shape index (κ3) is 3.26. The number of carbonyl (C=O) groups is 1. The summed E-state index contributed by atoms with van der Waals surface area (Å²) in [6.07, 6.45) is -2.64. The van der Waals surface area contributed by atoms with E-state index in [1.807, 2.05) is 0 Å². The van der Waals surface area contributed by atoms with E-state index in [1.165, 1.54) is 17.0 Å². The van der Waals surface area contributed by atoms with Crippen molar-refractivity contribution in [2.24, 2.45) is 0 Å². The number of benzene rings is 1. The zero-order chi connectivity index (χ0) is 14.0. The highest BCUT2D eigenvalue weighted by Crippen LogP contribution is 2.30. The van der Waals surface area contributed by atoms with Crippen molar-refractivity contribution in [2.75, 3.05) is 13.2 Å². The first kappa shape index (κ1) is 13.9. The molecule has 3 nitrogen and oxygen atoms in total. The molecule has 1 fully saturated rings. The number of carbonyl (C=O) groups excluding carboxylic acids is 1. The van der Waals surface area contributed by atoms with Crippen molar-refractivity contribution >= 4 is 5.91 Å². The molecule has 0 radical (unpaired) electrons. The Balaban J connectivity index is 2.14. The third-order valence-corrected chi connectivity index (χ3v) is 3.05. The maximum absolute atomic E-state index is 12.4. The molecule has 1 aromatic carbocycles. The second kappa shape index (κ2) is 5.21. The summed E-state index contributed by atoms with van der Waals surface area (Å²) in [4.78, 5) is 13.6. The Morgan fingerprint density at radius 3 is 2.26 bits per heavy atom. The van der Waals surface area contributed by atoms with Crippen LogP contribution in [0, 0.1) is 0 Å². The van der Waals surface area contributed by atoms with Gasteiger partial charge in [0, 0.05) is 18.2 Å². The van der Waals surface area contributed by atoms with E-state index < -0.39 is 11.7 Å². The Morgan fingerprint density at radius 1 is 1.26 bits per heavy atom. The van der Waals surface area contributed by atoms with Crippen LogP contribution in [0.5, 0.6) is 0 Å². The maximum Gasteiger partial charge on any atom is 0.416 e. The minimum atomic E-state index is -4.40. The van der Waals surface area contributed by atoms with Gasteiger partial charge in [0.25, 0.3) is 5.91 Å². The van der Waals surface area contributed by atoms with E-state index >= 15 is 0 Å². The number of rotatable bonds is 4. The maximum atomic E-state index is 12.4. The van der Waals surface area contributed by atoms with Crippen LogP contribution in [0.4, 0.5) is 13.2 Å². The average molecular weight is 273 g/mol. The second-order valence-electron chi connectivity index (χ2n) is 4.53. The Kier molecular flexibility index (Phi) is 3.80. The minimum absolute atomic E-state index is 0.113. The number of aliphatic hydroxyl groups is 1. The molecule has 6 heteroatoms. The molecule has 19 heavy (non-hydrogen) atoms. The Labute approximate surface area is 108 Å². The normalized spacial score (nSPS) is 15.4. The molecule has 1 saturated carbocycles. The predicted octanol–water partition coefficient (Wildman–Crippen LogP) is 2.30. The van der Waals surface area contributed by atoms with Crippen LogP contribution < -0.4 is 0 Å². The lowest BCUT2D eigenvalue weighted by Gasteiger charge is -2.21. The standard InChI is InChI=1S/C13H14F3NO2/c14-13(15,16)10-3-1-9(2-4-10)12(19)17(7-8-18)11-5-6-11/h1-4,11,18H,5-8H2. The third-order valence-electron chi connectivity index (χ3n) is 3.05. The molecule has 0 atom stereocenters. The minimum Gasteiger partial charge on any atom is -0.395 e. The van der Waals surface area contributed by atoms with E-state index in [0.29, 0.717) is 0 Å². The molecule has 0 unspecified atom stereocenters. The van der Waals surface area contributed by atoms with Gasteiger partial charge >= 0.3 is 6.18 Å². The summed E-state index contributed by atoms with van der Waals surface area (Å²) < 4.78 is 37.2. The molecule has 1 aliphatic carbocycles. The summed E-state index contributed by atoms with van der Waals surface area (Å²) in [7, 11) is 0. The first-order valence-corrected chi connectivity index (χ1v) is 6.02. The van der Waals surface area contributed by atoms with Crippen molar-refractivity contribution in [3.8, 4) is 0 Å². The van der Waals surface area contributed by atoms with Gasteiger partial charge in [-0.25, -0.2) is 0 Å². The summed E-state index contributed by atoms with van der Waals surface area (Å²) in [6, 6.07) is 4.27. The van der Waals surface area contributed by atoms with Crippen LogP contribution in [0.25, 0.3) is 0 Å². The van der Waals surface area contributed by atoms with Crippen molar-refractivity contribution < 1.29 is 23.1 Å². The lowest BCUT2D eigenvalue weighted by Crippen LogP contribution is -2.35. The molecule has 0 saturated heterocycles. The molecule has 0 heterocycles. The summed E-state index contributed by atoms with van der Waals surface area (Å²) in [5.41, 5.74) is -0.558. The van der Waals surface area contributed by atoms with Gasteiger partial charge in [-0.2, -0.15) is 13.2 Å². The van der Waals surface area contributed by atoms with Crippen LogP contribution in [0.15, 0.2) is 24.3 Å². The van der Waals surface area contributed by atoms with Gasteiger partial charge in [-0.15, -0.1) is 0 Å². The topological polar surface area (TPSA) is 40.5 Å². The SMILES string of the molecule is O=C(c1ccc(C(F)(F)F)cc1)N(CCO)C1CC1. The summed E-state index contributed by atoms with van der Waals surface area (Å²) >= 11 is 0. The van der Waals surface area contributed by atoms with Crippen molar-refractivity contribution in [1.29, 1.82) is 0 Å². The van der Waals surface area contributed by atoms with Gasteiger partial charge in [-0.3, -0.25) is 4.79 Å². The summed E-state index contributed by atoms with van der Waals surface area (Å²) in [6.45, 7) is 0.0629. The molecule has 0 bridgehead atoms. The van der Waals surface area contributed by atoms with Crippen molar-refractivity contribution in [3.05, 3.63) is 35.4 Å². The summed E-state index contributed by atoms with van der Waals surface area (Å²) in [5.74, 6) is -0.328. The van der Waals surface area contributed by atoms with Gasteiger partial charge in [0.15, 0.2) is 0 Å². The Bertz CT molecular complexity index is 452. The van der Waals surface area contributed by atoms with Crippen LogP contribution in [-0.4, -0.2) is 35.1 Å². The fourth-order valence-electron chi connectivity index (χ4n) is 1.91. The van der Waals surface area contributed by atoms with Crippen LogP contribution >= 0.6 is 0 Å². The van der Waals surface area contributed by atoms with E-state index in [2.05, 4.69) is 0 Å². The molecule has 1 N–H and O–H groups in total. The van der Waals surface area contributed by atoms with Crippen molar-refractivity contribution in [2.45, 2.75) is 25.1 Å². The molecular formula is C13H14F3NO2. The van der Waals surface area contributed by atoms with E-state index in [1.54, 1.807) is 0 Å². The molecule has 1 amide bonds. The first-order valence-electron chi connectivity index (χ1n) is 6.02. The zero-order valence-electron chi connectivity index (χ0n) is 10.2. The molecule has 0 aromatic heterocycles. The molecule has 0 aliphatic heterocycles. The van der Waals surface area contributed by atoms with E-state index in [4.69, 9.17) is 5.11 Å². The predicted molar refractivity (Wildman–Crippen MR) is 62.6 cm³/mol. The number of hydrogen-bond donors (Lipinski definition) is 1. The van der Waals surface area contributed by atoms with Gasteiger partial charge in [0.2, 0.25) is 0 Å². The second-order valence-corrected chi connectivity index (χ2v) is 4.53. The van der Waals surface area contributed by atoms with E-state index in [9.17, 15) is 18.0 Å². The summed E-state index contributed by atoms with van der Waals surface area (Å²) in [5, 5.41) is 8.92. The molecular weight excluding hydrogens is 259 g/mol. The smallest absolute Gasteiger partial charge is 0.395 e. The monoisotopic (exact) mass is 273 g/mol. The van der Waals surface area contributed by atoms with Crippen molar-refractivity contribution in [1.82, 2.24) is 4.90 Å². The fourth-order valence-corrected chi connectivity index (χ4v) is 1.91. The fraction of sp³-hybridized carbons (Fsp3) is 0.462. The largest absolute Gasteiger partial charge is 0.416 e. The van der Waals surface area contributed by atoms with E-state index in [0.717, 1.165) is 25.0 Å². The lowest BCUT2D eigenvalue weighted by atomic mass is 10.1. The number of aliphatic hydroxyl groups excluding tert-OH is 1. The lowest BCUT2D eigenvalue weighted by molar-refractivity contribution is -0.137. The van der Waals surface area contributed by atoms with Crippen LogP contribution in [0.1, 0.15) is 28.8 Å². The molecule has 104 valence electrons. The number of alkyl halides is 3. The van der Waals surface area contributed by atoms with Gasteiger partial charge in [-0.05, 0) is 37.1 Å². The highest BCUT2D eigenvalue weighted by molar-refractivity contribution is 5.94. The van der Waals surface area contributed by atoms with Crippen LogP contribution in [-0.2, 0) is 6.18 Å². The number of halogens is 3. The van der Waals surface area contributed by atoms with Gasteiger partial charge in [0.05, 0.1) is 12.2 Å². The number of nitrogens with zero attached hydrogens (tertiary/aromatic N) is 1. The van der Waals surface area contributed by atoms with Crippen molar-refractivity contribution in [3.63, 3.8) is 0 Å². The highest BCUT2D eigenvalue weighted by atomic mass is 19.4. The molecule has 2 rings (SSSR count). The van der Waals surface area contributed by atoms with E-state index in [-0.39, 0.29) is 30.7 Å². The average Bonchev–Trinajstić information content (AvgIpc) is 3.18. The van der Waals surface area contributed by atoms with Gasteiger partial charge in [0.1, 0.15) is 0 Å².